The first-order valence-electron chi connectivity index (χ1n) is 8.86. The molecule has 0 N–H and O–H groups in total. The van der Waals surface area contributed by atoms with Crippen LogP contribution in [0.1, 0.15) is 11.3 Å². The molecule has 0 atom stereocenters. The molecule has 1 aliphatic rings. The first kappa shape index (κ1) is 21.0. The lowest BCUT2D eigenvalue weighted by Crippen LogP contribution is -2.27. The number of furan rings is 1. The first-order valence-corrected chi connectivity index (χ1v) is 10.5. The molecule has 0 unspecified atom stereocenters. The first-order chi connectivity index (χ1) is 14.8. The fourth-order valence-electron chi connectivity index (χ4n) is 2.96. The number of thioether (sulfide) groups is 1. The van der Waals surface area contributed by atoms with Gasteiger partial charge in [-0.05, 0) is 52.0 Å². The van der Waals surface area contributed by atoms with E-state index < -0.39 is 21.9 Å². The van der Waals surface area contributed by atoms with Gasteiger partial charge in [0.15, 0.2) is 0 Å². The largest absolute Gasteiger partial charge is 0.457 e. The summed E-state index contributed by atoms with van der Waals surface area (Å²) in [6.45, 7) is -0.159. The Morgan fingerprint density at radius 3 is 2.65 bits per heavy atom. The van der Waals surface area contributed by atoms with Crippen molar-refractivity contribution in [2.24, 2.45) is 0 Å². The van der Waals surface area contributed by atoms with Crippen LogP contribution in [0.3, 0.4) is 0 Å². The summed E-state index contributed by atoms with van der Waals surface area (Å²) >= 11 is 4.04. The highest BCUT2D eigenvalue weighted by Crippen LogP contribution is 2.36. The van der Waals surface area contributed by atoms with Crippen LogP contribution in [0.15, 0.2) is 68.4 Å². The minimum Gasteiger partial charge on any atom is -0.457 e. The summed E-state index contributed by atoms with van der Waals surface area (Å²) < 4.78 is 20.1. The molecule has 1 fully saturated rings. The maximum absolute atomic E-state index is 13.9. The molecule has 3 aromatic rings. The molecule has 0 bridgehead atoms. The van der Waals surface area contributed by atoms with Crippen molar-refractivity contribution in [3.05, 3.63) is 91.2 Å². The standard InChI is InChI=1S/C21H12BrFN2O5S/c22-16-9-13(25(28)29)5-7-15(16)18-8-6-14(30-18)10-19-20(26)24(21(27)31-19)11-12-3-1-2-4-17(12)23/h1-10H,11H2/b19-10+. The van der Waals surface area contributed by atoms with Crippen molar-refractivity contribution in [1.29, 1.82) is 0 Å². The molecule has 0 aliphatic carbocycles. The van der Waals surface area contributed by atoms with Crippen LogP contribution >= 0.6 is 27.7 Å². The Morgan fingerprint density at radius 2 is 1.94 bits per heavy atom. The van der Waals surface area contributed by atoms with Gasteiger partial charge in [0, 0.05) is 33.8 Å². The number of benzene rings is 2. The van der Waals surface area contributed by atoms with Crippen LogP contribution in [0.25, 0.3) is 17.4 Å². The predicted molar refractivity (Wildman–Crippen MR) is 116 cm³/mol. The minimum absolute atomic E-state index is 0.0640. The fraction of sp³-hybridized carbons (Fsp3) is 0.0476. The van der Waals surface area contributed by atoms with E-state index in [1.54, 1.807) is 24.3 Å². The van der Waals surface area contributed by atoms with Crippen LogP contribution in [0.4, 0.5) is 14.9 Å². The molecular weight excluding hydrogens is 491 g/mol. The van der Waals surface area contributed by atoms with Crippen LogP contribution in [0.2, 0.25) is 0 Å². The molecule has 0 radical (unpaired) electrons. The number of carbonyl (C=O) groups excluding carboxylic acids is 2. The number of nitro groups is 1. The highest BCUT2D eigenvalue weighted by atomic mass is 79.9. The van der Waals surface area contributed by atoms with Gasteiger partial charge in [-0.15, -0.1) is 0 Å². The lowest BCUT2D eigenvalue weighted by molar-refractivity contribution is -0.384. The van der Waals surface area contributed by atoms with Crippen LogP contribution in [0, 0.1) is 15.9 Å². The molecule has 2 heterocycles. The van der Waals surface area contributed by atoms with Gasteiger partial charge < -0.3 is 4.42 Å². The fourth-order valence-corrected chi connectivity index (χ4v) is 4.34. The number of rotatable bonds is 5. The van der Waals surface area contributed by atoms with Gasteiger partial charge in [-0.25, -0.2) is 4.39 Å². The summed E-state index contributed by atoms with van der Waals surface area (Å²) in [5.41, 5.74) is 0.776. The van der Waals surface area contributed by atoms with E-state index >= 15 is 0 Å². The molecule has 7 nitrogen and oxygen atoms in total. The summed E-state index contributed by atoms with van der Waals surface area (Å²) in [7, 11) is 0. The van der Waals surface area contributed by atoms with Gasteiger partial charge in [0.25, 0.3) is 16.8 Å². The number of nitrogens with zero attached hydrogens (tertiary/aromatic N) is 2. The van der Waals surface area contributed by atoms with Crippen molar-refractivity contribution >= 4 is 50.6 Å². The molecular formula is C21H12BrFN2O5S. The molecule has 1 saturated heterocycles. The lowest BCUT2D eigenvalue weighted by atomic mass is 10.1. The van der Waals surface area contributed by atoms with Crippen molar-refractivity contribution < 1.29 is 23.3 Å². The average molecular weight is 503 g/mol. The van der Waals surface area contributed by atoms with Crippen LogP contribution in [-0.2, 0) is 11.3 Å². The third kappa shape index (κ3) is 4.30. The monoisotopic (exact) mass is 502 g/mol. The Morgan fingerprint density at radius 1 is 1.16 bits per heavy atom. The number of non-ortho nitro benzene ring substituents is 1. The van der Waals surface area contributed by atoms with Crippen molar-refractivity contribution in [1.82, 2.24) is 4.90 Å². The normalized spacial score (nSPS) is 15.2. The summed E-state index contributed by atoms with van der Waals surface area (Å²) in [5.74, 6) is -0.266. The number of halogens is 2. The molecule has 31 heavy (non-hydrogen) atoms. The minimum atomic E-state index is -0.535. The van der Waals surface area contributed by atoms with Gasteiger partial charge in [0.05, 0.1) is 16.4 Å². The van der Waals surface area contributed by atoms with E-state index in [4.69, 9.17) is 4.42 Å². The highest BCUT2D eigenvalue weighted by Gasteiger charge is 2.35. The molecule has 10 heteroatoms. The molecule has 1 aliphatic heterocycles. The Balaban J connectivity index is 1.56. The Bertz CT molecular complexity index is 1260. The predicted octanol–water partition coefficient (Wildman–Crippen LogP) is 5.99. The van der Waals surface area contributed by atoms with Crippen molar-refractivity contribution in [2.45, 2.75) is 6.54 Å². The zero-order chi connectivity index (χ0) is 22.1. The van der Waals surface area contributed by atoms with Crippen LogP contribution in [-0.4, -0.2) is 21.0 Å². The zero-order valence-corrected chi connectivity index (χ0v) is 18.0. The second-order valence-electron chi connectivity index (χ2n) is 6.48. The number of hydrogen-bond donors (Lipinski definition) is 0. The molecule has 156 valence electrons. The number of carbonyl (C=O) groups is 2. The maximum atomic E-state index is 13.9. The molecule has 4 rings (SSSR count). The van der Waals surface area contributed by atoms with Gasteiger partial charge in [0.2, 0.25) is 0 Å². The summed E-state index contributed by atoms with van der Waals surface area (Å²) in [6.07, 6.45) is 1.44. The summed E-state index contributed by atoms with van der Waals surface area (Å²) in [5, 5.41) is 10.4. The van der Waals surface area contributed by atoms with E-state index in [1.165, 1.54) is 36.4 Å². The molecule has 2 amide bonds. The zero-order valence-electron chi connectivity index (χ0n) is 15.6. The van der Waals surface area contributed by atoms with Crippen LogP contribution < -0.4 is 0 Å². The molecule has 2 aromatic carbocycles. The van der Waals surface area contributed by atoms with Gasteiger partial charge in [-0.2, -0.15) is 0 Å². The van der Waals surface area contributed by atoms with Crippen molar-refractivity contribution in [3.8, 4) is 11.3 Å². The van der Waals surface area contributed by atoms with E-state index in [1.807, 2.05) is 0 Å². The van der Waals surface area contributed by atoms with Gasteiger partial charge in [0.1, 0.15) is 17.3 Å². The number of amides is 2. The Kier molecular flexibility index (Phi) is 5.75. The molecule has 0 saturated carbocycles. The number of nitro benzene ring substituents is 1. The third-order valence-corrected chi connectivity index (χ3v) is 6.05. The van der Waals surface area contributed by atoms with E-state index in [0.29, 0.717) is 21.6 Å². The highest BCUT2D eigenvalue weighted by molar-refractivity contribution is 9.10. The summed E-state index contributed by atoms with van der Waals surface area (Å²) in [4.78, 5) is 36.4. The quantitative estimate of drug-likeness (QED) is 0.241. The Labute approximate surface area is 187 Å². The van der Waals surface area contributed by atoms with Crippen molar-refractivity contribution in [2.75, 3.05) is 0 Å². The lowest BCUT2D eigenvalue weighted by Gasteiger charge is -2.12. The van der Waals surface area contributed by atoms with E-state index in [9.17, 15) is 24.1 Å². The third-order valence-electron chi connectivity index (χ3n) is 4.49. The topological polar surface area (TPSA) is 93.7 Å². The second kappa shape index (κ2) is 8.48. The van der Waals surface area contributed by atoms with Gasteiger partial charge in [-0.1, -0.05) is 18.2 Å². The number of hydrogen-bond acceptors (Lipinski definition) is 6. The van der Waals surface area contributed by atoms with Crippen molar-refractivity contribution in [3.63, 3.8) is 0 Å². The van der Waals surface area contributed by atoms with Gasteiger partial charge >= 0.3 is 0 Å². The van der Waals surface area contributed by atoms with Gasteiger partial charge in [-0.3, -0.25) is 24.6 Å². The van der Waals surface area contributed by atoms with Crippen LogP contribution in [0.5, 0.6) is 0 Å². The maximum Gasteiger partial charge on any atom is 0.293 e. The second-order valence-corrected chi connectivity index (χ2v) is 8.33. The average Bonchev–Trinajstić information content (AvgIpc) is 3.29. The SMILES string of the molecule is O=C1S/C(=C/c2ccc(-c3ccc([N+](=O)[O-])cc3Br)o2)C(=O)N1Cc1ccccc1F. The molecule has 0 spiro atoms. The molecule has 1 aromatic heterocycles. The Hall–Kier alpha value is -3.24. The number of imide groups is 1. The van der Waals surface area contributed by atoms with E-state index in [0.717, 1.165) is 16.7 Å². The summed E-state index contributed by atoms with van der Waals surface area (Å²) in [6, 6.07) is 13.5. The van der Waals surface area contributed by atoms with E-state index in [-0.39, 0.29) is 22.7 Å². The smallest absolute Gasteiger partial charge is 0.293 e. The van der Waals surface area contributed by atoms with E-state index in [2.05, 4.69) is 15.9 Å².